The summed E-state index contributed by atoms with van der Waals surface area (Å²) in [4.78, 5) is 67.1. The van der Waals surface area contributed by atoms with Gasteiger partial charge in [-0.15, -0.1) is 0 Å². The van der Waals surface area contributed by atoms with E-state index in [1.165, 1.54) is 38.3 Å². The molecule has 264 valence electrons. The molecule has 20 nitrogen and oxygen atoms in total. The summed E-state index contributed by atoms with van der Waals surface area (Å²) in [5.74, 6) is -1.41. The van der Waals surface area contributed by atoms with Crippen molar-refractivity contribution in [3.05, 3.63) is 73.6 Å². The summed E-state index contributed by atoms with van der Waals surface area (Å²) < 4.78 is 45.8. The zero-order valence-electron chi connectivity index (χ0n) is 27.3. The number of carbonyl (C=O) groups excluding carboxylic acids is 3. The van der Waals surface area contributed by atoms with Crippen molar-refractivity contribution in [3.8, 4) is 11.8 Å². The van der Waals surface area contributed by atoms with Gasteiger partial charge < -0.3 is 18.9 Å². The third kappa shape index (κ3) is 11.1. The molecule has 0 aliphatic rings. The van der Waals surface area contributed by atoms with Gasteiger partial charge in [-0.25, -0.2) is 27.5 Å². The van der Waals surface area contributed by atoms with Crippen molar-refractivity contribution >= 4 is 45.5 Å². The first-order valence-corrected chi connectivity index (χ1v) is 15.5. The Bertz CT molecular complexity index is 1840. The number of ether oxygens (including phenoxy) is 4. The predicted octanol–water partition coefficient (Wildman–Crippen LogP) is 4.43. The van der Waals surface area contributed by atoms with Crippen LogP contribution in [0.4, 0.5) is 26.9 Å². The lowest BCUT2D eigenvalue weighted by Gasteiger charge is -2.15. The Morgan fingerprint density at radius 3 is 2.18 bits per heavy atom. The lowest BCUT2D eigenvalue weighted by atomic mass is 9.96. The fourth-order valence-corrected chi connectivity index (χ4v) is 4.85. The number of carbonyl (C=O) groups is 3. The summed E-state index contributed by atoms with van der Waals surface area (Å²) in [7, 11) is -1.92. The van der Waals surface area contributed by atoms with E-state index < -0.39 is 60.4 Å². The maximum absolute atomic E-state index is 12.4. The molecule has 1 aromatic heterocycles. The third-order valence-electron chi connectivity index (χ3n) is 6.09. The summed E-state index contributed by atoms with van der Waals surface area (Å²) in [6.45, 7) is 8.27. The Hall–Kier alpha value is -5.99. The molecule has 1 atom stereocenters. The minimum atomic E-state index is -4.36. The van der Waals surface area contributed by atoms with Crippen LogP contribution < -0.4 is 19.5 Å². The second-order valence-electron chi connectivity index (χ2n) is 9.97. The van der Waals surface area contributed by atoms with Gasteiger partial charge in [-0.05, 0) is 45.2 Å². The van der Waals surface area contributed by atoms with E-state index in [-0.39, 0.29) is 40.6 Å². The molecule has 0 spiro atoms. The molecule has 0 radical (unpaired) electrons. The van der Waals surface area contributed by atoms with Crippen LogP contribution >= 0.6 is 0 Å². The molecule has 21 heteroatoms. The number of amides is 2. The number of aryl methyl sites for hydroxylation is 1. The van der Waals surface area contributed by atoms with E-state index >= 15 is 0 Å². The Morgan fingerprint density at radius 1 is 0.980 bits per heavy atom. The fourth-order valence-electron chi connectivity index (χ4n) is 3.75. The van der Waals surface area contributed by atoms with Crippen molar-refractivity contribution in [3.63, 3.8) is 0 Å². The molecule has 3 aromatic rings. The average molecular weight is 708 g/mol. The summed E-state index contributed by atoms with van der Waals surface area (Å²) in [5.41, 5.74) is -1.08. The number of nitro benzene ring substituents is 2. The van der Waals surface area contributed by atoms with Gasteiger partial charge >= 0.3 is 29.9 Å². The Kier molecular flexibility index (Phi) is 13.8. The molecule has 0 saturated carbocycles. The molecule has 1 unspecified atom stereocenters. The van der Waals surface area contributed by atoms with E-state index in [2.05, 4.69) is 25.0 Å². The van der Waals surface area contributed by atoms with Gasteiger partial charge in [-0.2, -0.15) is 15.0 Å². The molecule has 0 fully saturated rings. The second kappa shape index (κ2) is 17.2. The number of anilines is 1. The number of nitrogens with one attached hydrogen (secondary N) is 2. The van der Waals surface area contributed by atoms with Gasteiger partial charge in [0.2, 0.25) is 11.7 Å². The molecule has 0 bridgehead atoms. The van der Waals surface area contributed by atoms with Crippen molar-refractivity contribution in [2.45, 2.75) is 58.0 Å². The Balaban J connectivity index is 0.000000343. The second-order valence-corrected chi connectivity index (χ2v) is 11.6. The van der Waals surface area contributed by atoms with Crippen LogP contribution in [0, 0.1) is 27.2 Å². The molecular weight excluding hydrogens is 674 g/mol. The molecule has 2 N–H and O–H groups in total. The van der Waals surface area contributed by atoms with Gasteiger partial charge in [0.05, 0.1) is 41.8 Å². The molecule has 49 heavy (non-hydrogen) atoms. The lowest BCUT2D eigenvalue weighted by molar-refractivity contribution is -0.394. The number of nitro groups is 2. The minimum absolute atomic E-state index is 0.0494. The molecule has 0 saturated heterocycles. The zero-order chi connectivity index (χ0) is 37.1. The Labute approximate surface area is 279 Å². The van der Waals surface area contributed by atoms with Gasteiger partial charge in [0, 0.05) is 11.6 Å². The highest BCUT2D eigenvalue weighted by molar-refractivity contribution is 7.90. The van der Waals surface area contributed by atoms with Crippen LogP contribution in [-0.4, -0.2) is 71.7 Å². The number of hydrogen-bond donors (Lipinski definition) is 2. The van der Waals surface area contributed by atoms with Crippen molar-refractivity contribution in [1.82, 2.24) is 19.7 Å². The van der Waals surface area contributed by atoms with Gasteiger partial charge in [-0.3, -0.25) is 25.5 Å². The summed E-state index contributed by atoms with van der Waals surface area (Å²) in [6, 6.07) is 6.06. The van der Waals surface area contributed by atoms with Gasteiger partial charge in [0.1, 0.15) is 10.7 Å². The van der Waals surface area contributed by atoms with E-state index in [0.29, 0.717) is 6.42 Å². The van der Waals surface area contributed by atoms with E-state index in [9.17, 15) is 43.0 Å². The van der Waals surface area contributed by atoms with Gasteiger partial charge in [0.25, 0.3) is 15.7 Å². The summed E-state index contributed by atoms with van der Waals surface area (Å²) in [5, 5.41) is 24.3. The summed E-state index contributed by atoms with van der Waals surface area (Å²) in [6.07, 6.45) is -1.01. The number of esters is 1. The number of nitrogens with zero attached hydrogens (tertiary/aromatic N) is 5. The first-order valence-electron chi connectivity index (χ1n) is 14.1. The number of non-ortho nitro benzene ring substituents is 1. The topological polar surface area (TPSA) is 271 Å². The number of sulfonamides is 1. The zero-order valence-corrected chi connectivity index (χ0v) is 28.1. The number of benzene rings is 2. The van der Waals surface area contributed by atoms with Crippen LogP contribution in [-0.2, 0) is 19.5 Å². The number of rotatable bonds is 11. The van der Waals surface area contributed by atoms with Crippen LogP contribution in [0.2, 0.25) is 0 Å². The van der Waals surface area contributed by atoms with Gasteiger partial charge in [0.15, 0.2) is 0 Å². The fraction of sp³-hybridized carbons (Fsp3) is 0.357. The maximum Gasteiger partial charge on any atom is 0.514 e. The minimum Gasteiger partial charge on any atom is -0.467 e. The van der Waals surface area contributed by atoms with E-state index in [1.807, 2.05) is 6.92 Å². The SMILES string of the molecule is CCC(C)c1cc([N+](=O)[O-])cc([N+](=O)[O-])c1OC(=O)OC(C)C.COC(=O)c1ccccc1S(=O)(=O)NC(=O)Nc1nc(C)nc(OC)n1. The van der Waals surface area contributed by atoms with E-state index in [4.69, 9.17) is 14.2 Å². The van der Waals surface area contributed by atoms with Crippen molar-refractivity contribution in [1.29, 1.82) is 0 Å². The quantitative estimate of drug-likeness (QED) is 0.121. The normalized spacial score (nSPS) is 11.3. The summed E-state index contributed by atoms with van der Waals surface area (Å²) >= 11 is 0. The van der Waals surface area contributed by atoms with Crippen molar-refractivity contribution < 1.29 is 51.6 Å². The predicted molar refractivity (Wildman–Crippen MR) is 169 cm³/mol. The molecule has 0 aliphatic heterocycles. The molecule has 0 aliphatic carbocycles. The highest BCUT2D eigenvalue weighted by Gasteiger charge is 2.30. The first kappa shape index (κ1) is 39.2. The largest absolute Gasteiger partial charge is 0.514 e. The highest BCUT2D eigenvalue weighted by atomic mass is 32.2. The van der Waals surface area contributed by atoms with Crippen LogP contribution in [0.3, 0.4) is 0 Å². The monoisotopic (exact) mass is 707 g/mol. The molecule has 2 aromatic carbocycles. The highest BCUT2D eigenvalue weighted by Crippen LogP contribution is 2.40. The standard InChI is InChI=1S/C14H15N5O6S.C14H18N2O7/c1-8-15-12(18-14(16-8)25-3)17-13(21)19-26(22,23)10-7-5-4-6-9(10)11(20)24-2;1-5-9(4)11-6-10(15(18)19)7-12(16(20)21)13(11)23-14(17)22-8(2)3/h4-7H,1-3H3,(H2,15,16,17,18,19,21);6-9H,5H2,1-4H3. The molecule has 1 heterocycles. The molecule has 3 rings (SSSR count). The average Bonchev–Trinajstić information content (AvgIpc) is 3.03. The number of hydrogen-bond acceptors (Lipinski definition) is 16. The number of aromatic nitrogens is 3. The lowest BCUT2D eigenvalue weighted by Crippen LogP contribution is -2.35. The van der Waals surface area contributed by atoms with Gasteiger partial charge in [-0.1, -0.05) is 26.0 Å². The maximum atomic E-state index is 12.4. The van der Waals surface area contributed by atoms with Crippen LogP contribution in [0.5, 0.6) is 11.8 Å². The van der Waals surface area contributed by atoms with Crippen LogP contribution in [0.1, 0.15) is 61.8 Å². The molecule has 2 amide bonds. The van der Waals surface area contributed by atoms with E-state index in [0.717, 1.165) is 19.2 Å². The van der Waals surface area contributed by atoms with Crippen molar-refractivity contribution in [2.75, 3.05) is 19.5 Å². The number of methoxy groups -OCH3 is 2. The van der Waals surface area contributed by atoms with Crippen molar-refractivity contribution in [2.24, 2.45) is 0 Å². The van der Waals surface area contributed by atoms with Crippen LogP contribution in [0.25, 0.3) is 0 Å². The van der Waals surface area contributed by atoms with Crippen LogP contribution in [0.15, 0.2) is 41.3 Å². The number of urea groups is 1. The first-order chi connectivity index (χ1) is 22.9. The Morgan fingerprint density at radius 2 is 1.63 bits per heavy atom. The smallest absolute Gasteiger partial charge is 0.467 e. The van der Waals surface area contributed by atoms with E-state index in [1.54, 1.807) is 25.5 Å². The molecular formula is C28H33N7O13S. The third-order valence-corrected chi connectivity index (χ3v) is 7.48.